The van der Waals surface area contributed by atoms with Crippen LogP contribution in [0, 0.1) is 19.8 Å². The summed E-state index contributed by atoms with van der Waals surface area (Å²) in [7, 11) is 0. The quantitative estimate of drug-likeness (QED) is 0.943. The van der Waals surface area contributed by atoms with E-state index < -0.39 is 0 Å². The molecule has 1 aromatic heterocycles. The first-order valence-corrected chi connectivity index (χ1v) is 8.11. The number of nitrogens with one attached hydrogen (secondary N) is 1. The Bertz CT molecular complexity index is 647. The SMILES string of the molecule is Cc1nc(CNC(=O)N2CC[C@H](Cc3ccccc3)C2)oc1C. The topological polar surface area (TPSA) is 58.4 Å². The van der Waals surface area contributed by atoms with Gasteiger partial charge in [-0.3, -0.25) is 0 Å². The van der Waals surface area contributed by atoms with Crippen molar-refractivity contribution in [1.29, 1.82) is 0 Å². The number of aromatic nitrogens is 1. The Kier molecular flexibility index (Phi) is 4.65. The third-order valence-electron chi connectivity index (χ3n) is 4.40. The van der Waals surface area contributed by atoms with Crippen LogP contribution in [-0.4, -0.2) is 29.0 Å². The lowest BCUT2D eigenvalue weighted by atomic mass is 9.99. The fourth-order valence-corrected chi connectivity index (χ4v) is 3.01. The molecule has 2 amide bonds. The lowest BCUT2D eigenvalue weighted by molar-refractivity contribution is 0.205. The van der Waals surface area contributed by atoms with Crippen molar-refractivity contribution >= 4 is 6.03 Å². The van der Waals surface area contributed by atoms with E-state index in [0.29, 0.717) is 18.4 Å². The first kappa shape index (κ1) is 15.6. The zero-order valence-corrected chi connectivity index (χ0v) is 13.7. The summed E-state index contributed by atoms with van der Waals surface area (Å²) in [6.45, 7) is 5.74. The van der Waals surface area contributed by atoms with Crippen molar-refractivity contribution in [3.05, 3.63) is 53.2 Å². The Hall–Kier alpha value is -2.30. The van der Waals surface area contributed by atoms with Crippen LogP contribution in [0.3, 0.4) is 0 Å². The highest BCUT2D eigenvalue weighted by Crippen LogP contribution is 2.20. The maximum atomic E-state index is 12.3. The number of hydrogen-bond acceptors (Lipinski definition) is 3. The lowest BCUT2D eigenvalue weighted by Gasteiger charge is -2.17. The van der Waals surface area contributed by atoms with Crippen LogP contribution >= 0.6 is 0 Å². The maximum Gasteiger partial charge on any atom is 0.317 e. The zero-order valence-electron chi connectivity index (χ0n) is 13.7. The number of amides is 2. The Morgan fingerprint density at radius 1 is 1.35 bits per heavy atom. The van der Waals surface area contributed by atoms with Gasteiger partial charge in [-0.15, -0.1) is 0 Å². The van der Waals surface area contributed by atoms with Crippen molar-refractivity contribution in [2.24, 2.45) is 5.92 Å². The van der Waals surface area contributed by atoms with E-state index in [2.05, 4.69) is 34.6 Å². The van der Waals surface area contributed by atoms with Gasteiger partial charge in [-0.1, -0.05) is 30.3 Å². The maximum absolute atomic E-state index is 12.3. The molecule has 1 N–H and O–H groups in total. The van der Waals surface area contributed by atoms with Gasteiger partial charge in [-0.05, 0) is 38.2 Å². The zero-order chi connectivity index (χ0) is 16.2. The summed E-state index contributed by atoms with van der Waals surface area (Å²) in [6.07, 6.45) is 2.09. The summed E-state index contributed by atoms with van der Waals surface area (Å²) in [5.74, 6) is 1.90. The van der Waals surface area contributed by atoms with Gasteiger partial charge in [-0.25, -0.2) is 9.78 Å². The largest absolute Gasteiger partial charge is 0.444 e. The summed E-state index contributed by atoms with van der Waals surface area (Å²) in [5, 5.41) is 2.90. The van der Waals surface area contributed by atoms with Crippen LogP contribution in [0.15, 0.2) is 34.7 Å². The van der Waals surface area contributed by atoms with Crippen molar-refractivity contribution in [2.45, 2.75) is 33.2 Å². The fraction of sp³-hybridized carbons (Fsp3) is 0.444. The van der Waals surface area contributed by atoms with E-state index in [1.165, 1.54) is 5.56 Å². The standard InChI is InChI=1S/C18H23N3O2/c1-13-14(2)23-17(20-13)11-19-18(22)21-9-8-16(12-21)10-15-6-4-3-5-7-15/h3-7,16H,8-12H2,1-2H3,(H,19,22)/t16-/m1/s1. The predicted octanol–water partition coefficient (Wildman–Crippen LogP) is 3.07. The number of benzene rings is 1. The van der Waals surface area contributed by atoms with E-state index in [1.807, 2.05) is 24.8 Å². The van der Waals surface area contributed by atoms with Crippen molar-refractivity contribution in [3.8, 4) is 0 Å². The molecule has 1 fully saturated rings. The van der Waals surface area contributed by atoms with Gasteiger partial charge in [0.25, 0.3) is 0 Å². The minimum atomic E-state index is -0.0333. The van der Waals surface area contributed by atoms with Gasteiger partial charge >= 0.3 is 6.03 Å². The molecule has 23 heavy (non-hydrogen) atoms. The normalized spacial score (nSPS) is 17.5. The molecule has 0 radical (unpaired) electrons. The third kappa shape index (κ3) is 3.92. The molecule has 5 nitrogen and oxygen atoms in total. The van der Waals surface area contributed by atoms with Crippen LogP contribution in [0.5, 0.6) is 0 Å². The molecule has 0 bridgehead atoms. The molecule has 0 unspecified atom stereocenters. The molecule has 2 aromatic rings. The van der Waals surface area contributed by atoms with Crippen molar-refractivity contribution in [2.75, 3.05) is 13.1 Å². The smallest absolute Gasteiger partial charge is 0.317 e. The molecule has 3 rings (SSSR count). The molecule has 1 saturated heterocycles. The Labute approximate surface area is 136 Å². The average Bonchev–Trinajstić information content (AvgIpc) is 3.13. The summed E-state index contributed by atoms with van der Waals surface area (Å²) < 4.78 is 5.48. The van der Waals surface area contributed by atoms with Crippen LogP contribution in [0.4, 0.5) is 4.79 Å². The van der Waals surface area contributed by atoms with E-state index >= 15 is 0 Å². The van der Waals surface area contributed by atoms with Gasteiger partial charge in [-0.2, -0.15) is 0 Å². The number of carbonyl (C=O) groups is 1. The minimum Gasteiger partial charge on any atom is -0.444 e. The number of likely N-dealkylation sites (tertiary alicyclic amines) is 1. The van der Waals surface area contributed by atoms with Crippen molar-refractivity contribution in [3.63, 3.8) is 0 Å². The molecule has 5 heteroatoms. The molecule has 1 aliphatic heterocycles. The highest BCUT2D eigenvalue weighted by molar-refractivity contribution is 5.74. The Balaban J connectivity index is 1.47. The molecule has 2 heterocycles. The average molecular weight is 313 g/mol. The lowest BCUT2D eigenvalue weighted by Crippen LogP contribution is -2.38. The Morgan fingerprint density at radius 3 is 2.83 bits per heavy atom. The minimum absolute atomic E-state index is 0.0333. The third-order valence-corrected chi connectivity index (χ3v) is 4.40. The first-order chi connectivity index (χ1) is 11.1. The number of aryl methyl sites for hydroxylation is 2. The molecular weight excluding hydrogens is 290 g/mol. The summed E-state index contributed by atoms with van der Waals surface area (Å²) in [5.41, 5.74) is 2.21. The van der Waals surface area contributed by atoms with Crippen LogP contribution in [-0.2, 0) is 13.0 Å². The highest BCUT2D eigenvalue weighted by Gasteiger charge is 2.26. The van der Waals surface area contributed by atoms with Crippen LogP contribution in [0.1, 0.15) is 29.3 Å². The Morgan fingerprint density at radius 2 is 2.13 bits per heavy atom. The second-order valence-corrected chi connectivity index (χ2v) is 6.20. The van der Waals surface area contributed by atoms with Crippen LogP contribution in [0.2, 0.25) is 0 Å². The summed E-state index contributed by atoms with van der Waals surface area (Å²) in [4.78, 5) is 18.4. The van der Waals surface area contributed by atoms with Crippen molar-refractivity contribution < 1.29 is 9.21 Å². The highest BCUT2D eigenvalue weighted by atomic mass is 16.4. The molecule has 0 saturated carbocycles. The molecule has 1 atom stereocenters. The van der Waals surface area contributed by atoms with Gasteiger partial charge in [0.05, 0.1) is 12.2 Å². The van der Waals surface area contributed by atoms with Gasteiger partial charge < -0.3 is 14.6 Å². The summed E-state index contributed by atoms with van der Waals surface area (Å²) >= 11 is 0. The number of rotatable bonds is 4. The second-order valence-electron chi connectivity index (χ2n) is 6.20. The number of oxazole rings is 1. The molecule has 1 aromatic carbocycles. The van der Waals surface area contributed by atoms with Crippen molar-refractivity contribution in [1.82, 2.24) is 15.2 Å². The van der Waals surface area contributed by atoms with Crippen LogP contribution in [0.25, 0.3) is 0 Å². The van der Waals surface area contributed by atoms with Gasteiger partial charge in [0.15, 0.2) is 0 Å². The molecule has 0 spiro atoms. The van der Waals surface area contributed by atoms with Gasteiger partial charge in [0.1, 0.15) is 5.76 Å². The molecule has 1 aliphatic rings. The van der Waals surface area contributed by atoms with E-state index in [0.717, 1.165) is 37.4 Å². The fourth-order valence-electron chi connectivity index (χ4n) is 3.01. The van der Waals surface area contributed by atoms with E-state index in [9.17, 15) is 4.79 Å². The molecular formula is C18H23N3O2. The summed E-state index contributed by atoms with van der Waals surface area (Å²) in [6, 6.07) is 10.4. The number of carbonyl (C=O) groups excluding carboxylic acids is 1. The predicted molar refractivity (Wildman–Crippen MR) is 88.0 cm³/mol. The number of hydrogen-bond donors (Lipinski definition) is 1. The number of urea groups is 1. The monoisotopic (exact) mass is 313 g/mol. The van der Waals surface area contributed by atoms with Crippen LogP contribution < -0.4 is 5.32 Å². The number of nitrogens with zero attached hydrogens (tertiary/aromatic N) is 2. The second kappa shape index (κ2) is 6.86. The van der Waals surface area contributed by atoms with E-state index in [1.54, 1.807) is 0 Å². The van der Waals surface area contributed by atoms with Gasteiger partial charge in [0, 0.05) is 13.1 Å². The van der Waals surface area contributed by atoms with E-state index in [-0.39, 0.29) is 6.03 Å². The first-order valence-electron chi connectivity index (χ1n) is 8.11. The van der Waals surface area contributed by atoms with E-state index in [4.69, 9.17) is 4.42 Å². The molecule has 0 aliphatic carbocycles. The molecule has 122 valence electrons. The van der Waals surface area contributed by atoms with Gasteiger partial charge in [0.2, 0.25) is 5.89 Å².